The van der Waals surface area contributed by atoms with Gasteiger partial charge in [-0.3, -0.25) is 0 Å². The second kappa shape index (κ2) is 5.77. The minimum absolute atomic E-state index is 0.0111. The van der Waals surface area contributed by atoms with Gasteiger partial charge < -0.3 is 5.32 Å². The van der Waals surface area contributed by atoms with E-state index in [-0.39, 0.29) is 11.7 Å². The van der Waals surface area contributed by atoms with Gasteiger partial charge in [-0.2, -0.15) is 13.2 Å². The molecular formula is C17H14F4N2. The van der Waals surface area contributed by atoms with E-state index in [4.69, 9.17) is 0 Å². The highest BCUT2D eigenvalue weighted by Gasteiger charge is 2.34. The van der Waals surface area contributed by atoms with Crippen LogP contribution in [0.4, 0.5) is 17.6 Å². The maximum Gasteiger partial charge on any atom is 0.417 e. The molecule has 3 rings (SSSR count). The van der Waals surface area contributed by atoms with Gasteiger partial charge in [-0.25, -0.2) is 9.37 Å². The molecule has 0 spiro atoms. The molecule has 2 aromatic rings. The number of pyridine rings is 1. The highest BCUT2D eigenvalue weighted by molar-refractivity contribution is 5.69. The molecule has 120 valence electrons. The van der Waals surface area contributed by atoms with Crippen molar-refractivity contribution in [2.24, 2.45) is 0 Å². The SMILES string of the molecule is C=C(c1cc(C2CCN2)cc(-c2ccc(F)cc2)n1)C(F)(F)F. The van der Waals surface area contributed by atoms with E-state index >= 15 is 0 Å². The van der Waals surface area contributed by atoms with E-state index in [1.807, 2.05) is 0 Å². The summed E-state index contributed by atoms with van der Waals surface area (Å²) < 4.78 is 51.9. The lowest BCUT2D eigenvalue weighted by molar-refractivity contribution is -0.0688. The summed E-state index contributed by atoms with van der Waals surface area (Å²) in [5, 5.41) is 3.16. The normalized spacial score (nSPS) is 17.7. The van der Waals surface area contributed by atoms with E-state index < -0.39 is 17.6 Å². The molecule has 1 aromatic carbocycles. The van der Waals surface area contributed by atoms with Gasteiger partial charge >= 0.3 is 6.18 Å². The van der Waals surface area contributed by atoms with E-state index in [1.165, 1.54) is 30.3 Å². The van der Waals surface area contributed by atoms with Crippen LogP contribution in [0.3, 0.4) is 0 Å². The number of nitrogens with zero attached hydrogens (tertiary/aromatic N) is 1. The summed E-state index contributed by atoms with van der Waals surface area (Å²) in [6.07, 6.45) is -3.69. The smallest absolute Gasteiger partial charge is 0.310 e. The molecule has 1 fully saturated rings. The first kappa shape index (κ1) is 15.7. The molecular weight excluding hydrogens is 308 g/mol. The first-order chi connectivity index (χ1) is 10.8. The Balaban J connectivity index is 2.08. The summed E-state index contributed by atoms with van der Waals surface area (Å²) in [5.74, 6) is -0.412. The van der Waals surface area contributed by atoms with Crippen LogP contribution in [0.25, 0.3) is 16.8 Å². The third-order valence-electron chi connectivity index (χ3n) is 3.87. The number of benzene rings is 1. The summed E-state index contributed by atoms with van der Waals surface area (Å²) in [7, 11) is 0. The molecule has 1 saturated heterocycles. The Morgan fingerprint density at radius 2 is 1.83 bits per heavy atom. The van der Waals surface area contributed by atoms with Gasteiger partial charge in [0.25, 0.3) is 0 Å². The molecule has 6 heteroatoms. The van der Waals surface area contributed by atoms with E-state index in [0.717, 1.165) is 18.5 Å². The molecule has 0 amide bonds. The Bertz CT molecular complexity index is 731. The van der Waals surface area contributed by atoms with Crippen molar-refractivity contribution in [1.82, 2.24) is 10.3 Å². The first-order valence-electron chi connectivity index (χ1n) is 7.12. The zero-order chi connectivity index (χ0) is 16.6. The zero-order valence-electron chi connectivity index (χ0n) is 12.1. The summed E-state index contributed by atoms with van der Waals surface area (Å²) in [6.45, 7) is 3.95. The van der Waals surface area contributed by atoms with E-state index in [0.29, 0.717) is 11.3 Å². The van der Waals surface area contributed by atoms with E-state index in [1.54, 1.807) is 6.07 Å². The predicted molar refractivity (Wildman–Crippen MR) is 80.1 cm³/mol. The number of alkyl halides is 3. The molecule has 1 aliphatic heterocycles. The molecule has 23 heavy (non-hydrogen) atoms. The summed E-state index contributed by atoms with van der Waals surface area (Å²) >= 11 is 0. The Hall–Kier alpha value is -2.21. The molecule has 1 aromatic heterocycles. The molecule has 0 saturated carbocycles. The third-order valence-corrected chi connectivity index (χ3v) is 3.87. The first-order valence-corrected chi connectivity index (χ1v) is 7.12. The topological polar surface area (TPSA) is 24.9 Å². The number of halogens is 4. The fourth-order valence-electron chi connectivity index (χ4n) is 2.39. The lowest BCUT2D eigenvalue weighted by Gasteiger charge is -2.29. The monoisotopic (exact) mass is 322 g/mol. The van der Waals surface area contributed by atoms with Gasteiger partial charge in [0.2, 0.25) is 0 Å². The molecule has 2 nitrogen and oxygen atoms in total. The van der Waals surface area contributed by atoms with Crippen molar-refractivity contribution in [3.05, 3.63) is 60.1 Å². The van der Waals surface area contributed by atoms with Crippen LogP contribution in [0.1, 0.15) is 23.7 Å². The number of nitrogens with one attached hydrogen (secondary N) is 1. The zero-order valence-corrected chi connectivity index (χ0v) is 12.1. The van der Waals surface area contributed by atoms with Crippen LogP contribution in [-0.2, 0) is 0 Å². The lowest BCUT2D eigenvalue weighted by Crippen LogP contribution is -2.35. The van der Waals surface area contributed by atoms with Crippen LogP contribution < -0.4 is 5.32 Å². The van der Waals surface area contributed by atoms with Gasteiger partial charge in [-0.05, 0) is 54.9 Å². The van der Waals surface area contributed by atoms with E-state index in [9.17, 15) is 17.6 Å². The fourth-order valence-corrected chi connectivity index (χ4v) is 2.39. The minimum Gasteiger partial charge on any atom is -0.310 e. The standard InChI is InChI=1S/C17H14F4N2/c1-10(17(19,20)21)15-8-12(14-6-7-22-14)9-16(23-15)11-2-4-13(18)5-3-11/h2-5,8-9,14,22H,1,6-7H2. The average Bonchev–Trinajstić information content (AvgIpc) is 2.44. The predicted octanol–water partition coefficient (Wildman–Crippen LogP) is 4.50. The fraction of sp³-hybridized carbons (Fsp3) is 0.235. The molecule has 0 radical (unpaired) electrons. The number of hydrogen-bond acceptors (Lipinski definition) is 2. The van der Waals surface area contributed by atoms with Crippen LogP contribution in [0, 0.1) is 5.82 Å². The maximum absolute atomic E-state index is 13.0. The van der Waals surface area contributed by atoms with Gasteiger partial charge in [0.05, 0.1) is 17.0 Å². The molecule has 1 N–H and O–H groups in total. The lowest BCUT2D eigenvalue weighted by atomic mass is 9.95. The highest BCUT2D eigenvalue weighted by Crippen LogP contribution is 2.35. The Morgan fingerprint density at radius 1 is 1.17 bits per heavy atom. The summed E-state index contributed by atoms with van der Waals surface area (Å²) in [6, 6.07) is 8.66. The van der Waals surface area contributed by atoms with Crippen LogP contribution in [-0.4, -0.2) is 17.7 Å². The van der Waals surface area contributed by atoms with Crippen molar-refractivity contribution in [3.63, 3.8) is 0 Å². The van der Waals surface area contributed by atoms with Crippen molar-refractivity contribution in [1.29, 1.82) is 0 Å². The second-order valence-electron chi connectivity index (χ2n) is 5.45. The van der Waals surface area contributed by atoms with Crippen LogP contribution in [0.2, 0.25) is 0 Å². The molecule has 1 unspecified atom stereocenters. The molecule has 2 heterocycles. The number of allylic oxidation sites excluding steroid dienone is 1. The average molecular weight is 322 g/mol. The summed E-state index contributed by atoms with van der Waals surface area (Å²) in [4.78, 5) is 4.07. The van der Waals surface area contributed by atoms with Crippen LogP contribution in [0.5, 0.6) is 0 Å². The van der Waals surface area contributed by atoms with Crippen LogP contribution in [0.15, 0.2) is 43.0 Å². The van der Waals surface area contributed by atoms with Crippen molar-refractivity contribution in [3.8, 4) is 11.3 Å². The minimum atomic E-state index is -4.54. The van der Waals surface area contributed by atoms with Gasteiger partial charge in [-0.1, -0.05) is 6.58 Å². The van der Waals surface area contributed by atoms with Crippen molar-refractivity contribution in [2.75, 3.05) is 6.54 Å². The maximum atomic E-state index is 13.0. The molecule has 0 bridgehead atoms. The number of aromatic nitrogens is 1. The van der Waals surface area contributed by atoms with Gasteiger partial charge in [-0.15, -0.1) is 0 Å². The van der Waals surface area contributed by atoms with Crippen molar-refractivity contribution >= 4 is 5.57 Å². The van der Waals surface area contributed by atoms with Gasteiger partial charge in [0.15, 0.2) is 0 Å². The number of hydrogen-bond donors (Lipinski definition) is 1. The molecule has 1 atom stereocenters. The quantitative estimate of drug-likeness (QED) is 0.842. The Kier molecular flexibility index (Phi) is 3.93. The van der Waals surface area contributed by atoms with E-state index in [2.05, 4.69) is 16.9 Å². The summed E-state index contributed by atoms with van der Waals surface area (Å²) in [5.41, 5.74) is 0.469. The largest absolute Gasteiger partial charge is 0.417 e. The van der Waals surface area contributed by atoms with Gasteiger partial charge in [0.1, 0.15) is 5.82 Å². The second-order valence-corrected chi connectivity index (χ2v) is 5.45. The van der Waals surface area contributed by atoms with Gasteiger partial charge in [0, 0.05) is 11.6 Å². The Labute approximate surface area is 130 Å². The van der Waals surface area contributed by atoms with Crippen molar-refractivity contribution in [2.45, 2.75) is 18.6 Å². The Morgan fingerprint density at radius 3 is 2.35 bits per heavy atom. The van der Waals surface area contributed by atoms with Crippen molar-refractivity contribution < 1.29 is 17.6 Å². The molecule has 0 aliphatic carbocycles. The highest BCUT2D eigenvalue weighted by atomic mass is 19.4. The molecule has 1 aliphatic rings. The number of rotatable bonds is 3. The third kappa shape index (κ3) is 3.27. The van der Waals surface area contributed by atoms with Crippen LogP contribution >= 0.6 is 0 Å².